The summed E-state index contributed by atoms with van der Waals surface area (Å²) in [7, 11) is 0. The van der Waals surface area contributed by atoms with Gasteiger partial charge in [-0.2, -0.15) is 13.2 Å². The SMILES string of the molecule is O=C(c1cccc2c1ncn2CC(F)(F)F)N1CC[C@H](c2ccccc2)[C@H]2CCCC[C@H]21. The molecule has 7 heteroatoms. The van der Waals surface area contributed by atoms with Gasteiger partial charge < -0.3 is 9.47 Å². The highest BCUT2D eigenvalue weighted by atomic mass is 19.4. The number of rotatable bonds is 3. The molecule has 0 N–H and O–H groups in total. The van der Waals surface area contributed by atoms with Gasteiger partial charge in [0.05, 0.1) is 17.4 Å². The molecule has 0 unspecified atom stereocenters. The van der Waals surface area contributed by atoms with Crippen LogP contribution in [0.4, 0.5) is 13.2 Å². The van der Waals surface area contributed by atoms with E-state index in [1.807, 2.05) is 11.0 Å². The molecule has 2 aliphatic rings. The Morgan fingerprint density at radius 1 is 1.00 bits per heavy atom. The van der Waals surface area contributed by atoms with E-state index in [0.717, 1.165) is 30.3 Å². The zero-order valence-corrected chi connectivity index (χ0v) is 17.8. The smallest absolute Gasteiger partial charge is 0.335 e. The minimum atomic E-state index is -4.34. The lowest BCUT2D eigenvalue weighted by Gasteiger charge is -2.48. The van der Waals surface area contributed by atoms with Crippen molar-refractivity contribution in [1.82, 2.24) is 14.5 Å². The molecule has 1 aromatic heterocycles. The van der Waals surface area contributed by atoms with E-state index in [2.05, 4.69) is 29.2 Å². The molecule has 1 aliphatic heterocycles. The molecular weight excluding hydrogens is 415 g/mol. The maximum Gasteiger partial charge on any atom is 0.406 e. The molecule has 1 saturated carbocycles. The number of carbonyl (C=O) groups excluding carboxylic acids is 1. The molecule has 0 bridgehead atoms. The normalized spacial score (nSPS) is 23.8. The average Bonchev–Trinajstić information content (AvgIpc) is 3.20. The predicted octanol–water partition coefficient (Wildman–Crippen LogP) is 5.79. The van der Waals surface area contributed by atoms with E-state index in [-0.39, 0.29) is 11.9 Å². The molecule has 1 amide bonds. The Morgan fingerprint density at radius 3 is 2.56 bits per heavy atom. The monoisotopic (exact) mass is 441 g/mol. The van der Waals surface area contributed by atoms with Crippen LogP contribution in [0.25, 0.3) is 11.0 Å². The Balaban J connectivity index is 1.45. The molecule has 2 heterocycles. The molecule has 0 radical (unpaired) electrons. The van der Waals surface area contributed by atoms with Crippen LogP contribution in [0, 0.1) is 5.92 Å². The lowest BCUT2D eigenvalue weighted by Crippen LogP contribution is -2.52. The van der Waals surface area contributed by atoms with E-state index in [1.54, 1.807) is 18.2 Å². The minimum absolute atomic E-state index is 0.115. The number of carbonyl (C=O) groups is 1. The van der Waals surface area contributed by atoms with Crippen LogP contribution in [0.5, 0.6) is 0 Å². The van der Waals surface area contributed by atoms with Gasteiger partial charge >= 0.3 is 6.18 Å². The number of hydrogen-bond donors (Lipinski definition) is 0. The van der Waals surface area contributed by atoms with Crippen molar-refractivity contribution in [3.63, 3.8) is 0 Å². The van der Waals surface area contributed by atoms with E-state index in [9.17, 15) is 18.0 Å². The molecular formula is C25H26F3N3O. The van der Waals surface area contributed by atoms with Crippen LogP contribution in [0.2, 0.25) is 0 Å². The number of imidazole rings is 1. The fourth-order valence-electron chi connectivity index (χ4n) is 5.76. The maximum atomic E-state index is 13.7. The highest BCUT2D eigenvalue weighted by Crippen LogP contribution is 2.44. The molecule has 3 aromatic rings. The standard InChI is InChI=1S/C25H26F3N3O/c26-25(27,28)15-30-16-29-23-20(10-6-12-22(23)30)24(32)31-14-13-18(17-7-2-1-3-8-17)19-9-4-5-11-21(19)31/h1-3,6-8,10,12,16,18-19,21H,4-5,9,11,13-15H2/t18-,19-,21-/m1/s1. The summed E-state index contributed by atoms with van der Waals surface area (Å²) in [6, 6.07) is 15.6. The van der Waals surface area contributed by atoms with Crippen molar-refractivity contribution in [2.45, 2.75) is 56.8 Å². The fourth-order valence-corrected chi connectivity index (χ4v) is 5.76. The number of likely N-dealkylation sites (tertiary alicyclic amines) is 1. The van der Waals surface area contributed by atoms with Crippen molar-refractivity contribution < 1.29 is 18.0 Å². The number of para-hydroxylation sites is 1. The van der Waals surface area contributed by atoms with E-state index in [4.69, 9.17) is 0 Å². The topological polar surface area (TPSA) is 38.1 Å². The van der Waals surface area contributed by atoms with E-state index >= 15 is 0 Å². The number of alkyl halides is 3. The summed E-state index contributed by atoms with van der Waals surface area (Å²) in [5.74, 6) is 0.731. The lowest BCUT2D eigenvalue weighted by molar-refractivity contribution is -0.139. The van der Waals surface area contributed by atoms with Gasteiger partial charge in [0, 0.05) is 12.6 Å². The molecule has 32 heavy (non-hydrogen) atoms. The van der Waals surface area contributed by atoms with Crippen LogP contribution in [0.1, 0.15) is 53.9 Å². The fraction of sp³-hybridized carbons (Fsp3) is 0.440. The summed E-state index contributed by atoms with van der Waals surface area (Å²) in [6.07, 6.45) is 2.06. The van der Waals surface area contributed by atoms with Gasteiger partial charge in [-0.1, -0.05) is 49.2 Å². The lowest BCUT2D eigenvalue weighted by atomic mass is 9.69. The van der Waals surface area contributed by atoms with Gasteiger partial charge in [0.1, 0.15) is 12.1 Å². The molecule has 4 nitrogen and oxygen atoms in total. The first-order chi connectivity index (χ1) is 15.4. The molecule has 2 fully saturated rings. The van der Waals surface area contributed by atoms with Crippen molar-refractivity contribution in [3.05, 3.63) is 66.0 Å². The van der Waals surface area contributed by atoms with Crippen LogP contribution in [0.15, 0.2) is 54.9 Å². The van der Waals surface area contributed by atoms with E-state index in [0.29, 0.717) is 35.0 Å². The third-order valence-corrected chi connectivity index (χ3v) is 7.10. The van der Waals surface area contributed by atoms with Crippen LogP contribution >= 0.6 is 0 Å². The number of aromatic nitrogens is 2. The third kappa shape index (κ3) is 3.89. The van der Waals surface area contributed by atoms with Gasteiger partial charge in [0.15, 0.2) is 0 Å². The summed E-state index contributed by atoms with van der Waals surface area (Å²) >= 11 is 0. The third-order valence-electron chi connectivity index (χ3n) is 7.10. The van der Waals surface area contributed by atoms with Gasteiger partial charge in [-0.3, -0.25) is 4.79 Å². The van der Waals surface area contributed by atoms with Crippen LogP contribution in [-0.4, -0.2) is 39.1 Å². The second-order valence-corrected chi connectivity index (χ2v) is 8.98. The summed E-state index contributed by atoms with van der Waals surface area (Å²) in [6.45, 7) is -0.465. The Morgan fingerprint density at radius 2 is 1.78 bits per heavy atom. The number of amides is 1. The van der Waals surface area contributed by atoms with Gasteiger partial charge in [-0.15, -0.1) is 0 Å². The predicted molar refractivity (Wildman–Crippen MR) is 116 cm³/mol. The Kier molecular flexibility index (Phi) is 5.43. The summed E-state index contributed by atoms with van der Waals surface area (Å²) in [5, 5.41) is 0. The number of nitrogens with zero attached hydrogens (tertiary/aromatic N) is 3. The highest BCUT2D eigenvalue weighted by molar-refractivity contribution is 6.05. The van der Waals surface area contributed by atoms with Crippen LogP contribution in [0.3, 0.4) is 0 Å². The van der Waals surface area contributed by atoms with Crippen molar-refractivity contribution >= 4 is 16.9 Å². The molecule has 5 rings (SSSR count). The van der Waals surface area contributed by atoms with Crippen LogP contribution < -0.4 is 0 Å². The maximum absolute atomic E-state index is 13.7. The van der Waals surface area contributed by atoms with Gasteiger partial charge in [0.25, 0.3) is 5.91 Å². The number of piperidine rings is 1. The van der Waals surface area contributed by atoms with Crippen molar-refractivity contribution in [3.8, 4) is 0 Å². The first-order valence-electron chi connectivity index (χ1n) is 11.3. The number of benzene rings is 2. The second-order valence-electron chi connectivity index (χ2n) is 8.98. The Labute approximate surface area is 185 Å². The van der Waals surface area contributed by atoms with Gasteiger partial charge in [-0.05, 0) is 48.8 Å². The molecule has 0 spiro atoms. The summed E-state index contributed by atoms with van der Waals surface area (Å²) in [4.78, 5) is 19.8. The zero-order chi connectivity index (χ0) is 22.3. The molecule has 1 saturated heterocycles. The average molecular weight is 441 g/mol. The zero-order valence-electron chi connectivity index (χ0n) is 17.8. The number of halogens is 3. The van der Waals surface area contributed by atoms with Gasteiger partial charge in [0.2, 0.25) is 0 Å². The molecule has 2 aromatic carbocycles. The quantitative estimate of drug-likeness (QED) is 0.516. The summed E-state index contributed by atoms with van der Waals surface area (Å²) in [5.41, 5.74) is 2.42. The summed E-state index contributed by atoms with van der Waals surface area (Å²) < 4.78 is 39.9. The van der Waals surface area contributed by atoms with Gasteiger partial charge in [-0.25, -0.2) is 4.98 Å². The minimum Gasteiger partial charge on any atom is -0.335 e. The van der Waals surface area contributed by atoms with E-state index < -0.39 is 12.7 Å². The second kappa shape index (κ2) is 8.26. The Bertz CT molecular complexity index is 1110. The molecule has 168 valence electrons. The number of fused-ring (bicyclic) bond motifs is 2. The van der Waals surface area contributed by atoms with E-state index in [1.165, 1.54) is 18.3 Å². The van der Waals surface area contributed by atoms with Crippen molar-refractivity contribution in [1.29, 1.82) is 0 Å². The Hall–Kier alpha value is -2.83. The molecule has 1 aliphatic carbocycles. The highest BCUT2D eigenvalue weighted by Gasteiger charge is 2.42. The first-order valence-corrected chi connectivity index (χ1v) is 11.3. The molecule has 3 atom stereocenters. The largest absolute Gasteiger partial charge is 0.406 e. The first kappa shape index (κ1) is 21.0. The van der Waals surface area contributed by atoms with Crippen LogP contribution in [-0.2, 0) is 6.54 Å². The van der Waals surface area contributed by atoms with Crippen molar-refractivity contribution in [2.24, 2.45) is 5.92 Å². The number of hydrogen-bond acceptors (Lipinski definition) is 2. The van der Waals surface area contributed by atoms with Crippen molar-refractivity contribution in [2.75, 3.05) is 6.54 Å².